The van der Waals surface area contributed by atoms with Crippen LogP contribution in [0.25, 0.3) is 0 Å². The van der Waals surface area contributed by atoms with E-state index in [0.29, 0.717) is 24.2 Å². The Morgan fingerprint density at radius 1 is 1.00 bits per heavy atom. The Kier molecular flexibility index (Phi) is 6.31. The summed E-state index contributed by atoms with van der Waals surface area (Å²) in [5.74, 6) is -0.564. The summed E-state index contributed by atoms with van der Waals surface area (Å²) in [5, 5.41) is 8.40. The van der Waals surface area contributed by atoms with Gasteiger partial charge in [0.05, 0.1) is 6.54 Å². The molecular weight excluding hydrogens is 309 g/mol. The van der Waals surface area contributed by atoms with Crippen molar-refractivity contribution in [2.45, 2.75) is 13.3 Å². The fraction of sp³-hybridized carbons (Fsp3) is 0.222. The third-order valence-electron chi connectivity index (χ3n) is 3.33. The Hall–Kier alpha value is -2.89. The highest BCUT2D eigenvalue weighted by Crippen LogP contribution is 2.13. The minimum Gasteiger partial charge on any atom is -0.376 e. The van der Waals surface area contributed by atoms with Crippen molar-refractivity contribution < 1.29 is 14.0 Å². The van der Waals surface area contributed by atoms with E-state index in [1.807, 2.05) is 0 Å². The van der Waals surface area contributed by atoms with E-state index in [0.717, 1.165) is 5.69 Å². The van der Waals surface area contributed by atoms with Gasteiger partial charge in [-0.2, -0.15) is 0 Å². The summed E-state index contributed by atoms with van der Waals surface area (Å²) in [6, 6.07) is 13.6. The minimum atomic E-state index is -0.260. The second-order valence-corrected chi connectivity index (χ2v) is 5.30. The van der Waals surface area contributed by atoms with Crippen LogP contribution in [0, 0.1) is 5.82 Å². The summed E-state index contributed by atoms with van der Waals surface area (Å²) < 4.78 is 13.4. The third kappa shape index (κ3) is 5.72. The first kappa shape index (κ1) is 17.5. The van der Waals surface area contributed by atoms with Crippen molar-refractivity contribution in [2.24, 2.45) is 0 Å². The number of carbonyl (C=O) groups excluding carboxylic acids is 2. The highest BCUT2D eigenvalue weighted by molar-refractivity contribution is 5.88. The van der Waals surface area contributed by atoms with Gasteiger partial charge in [-0.05, 0) is 42.3 Å². The van der Waals surface area contributed by atoms with Gasteiger partial charge in [0, 0.05) is 24.8 Å². The molecule has 0 aliphatic heterocycles. The molecular formula is C18H20FN3O2. The van der Waals surface area contributed by atoms with Crippen LogP contribution in [-0.4, -0.2) is 24.9 Å². The lowest BCUT2D eigenvalue weighted by molar-refractivity contribution is -0.119. The Morgan fingerprint density at radius 3 is 2.33 bits per heavy atom. The summed E-state index contributed by atoms with van der Waals surface area (Å²) in [6.45, 7) is 1.94. The average Bonchev–Trinajstić information content (AvgIpc) is 2.55. The number of hydrogen-bond acceptors (Lipinski definition) is 3. The Morgan fingerprint density at radius 2 is 1.67 bits per heavy atom. The summed E-state index contributed by atoms with van der Waals surface area (Å²) in [6.07, 6.45) is 0.448. The number of hydrogen-bond donors (Lipinski definition) is 3. The van der Waals surface area contributed by atoms with Crippen LogP contribution >= 0.6 is 0 Å². The van der Waals surface area contributed by atoms with E-state index in [4.69, 9.17) is 0 Å². The molecule has 3 N–H and O–H groups in total. The second-order valence-electron chi connectivity index (χ2n) is 5.30. The fourth-order valence-corrected chi connectivity index (χ4v) is 2.16. The maximum Gasteiger partial charge on any atom is 0.239 e. The zero-order valence-corrected chi connectivity index (χ0v) is 13.4. The lowest BCUT2D eigenvalue weighted by Gasteiger charge is -2.09. The van der Waals surface area contributed by atoms with Crippen molar-refractivity contribution in [3.8, 4) is 0 Å². The summed E-state index contributed by atoms with van der Waals surface area (Å²) in [5.41, 5.74) is 2.05. The topological polar surface area (TPSA) is 70.2 Å². The first-order chi connectivity index (χ1) is 11.5. The van der Waals surface area contributed by atoms with Crippen LogP contribution in [0.2, 0.25) is 0 Å². The first-order valence-electron chi connectivity index (χ1n) is 7.66. The monoisotopic (exact) mass is 329 g/mol. The van der Waals surface area contributed by atoms with E-state index in [2.05, 4.69) is 16.0 Å². The molecule has 0 spiro atoms. The molecule has 5 nitrogen and oxygen atoms in total. The summed E-state index contributed by atoms with van der Waals surface area (Å²) in [4.78, 5) is 22.7. The SMILES string of the molecule is CC(=O)Nc1ccc(NCC(=O)NCCc2ccccc2F)cc1. The Bertz CT molecular complexity index is 702. The fourth-order valence-electron chi connectivity index (χ4n) is 2.16. The number of nitrogens with one attached hydrogen (secondary N) is 3. The number of halogens is 1. The molecule has 0 fully saturated rings. The van der Waals surface area contributed by atoms with Gasteiger partial charge in [0.1, 0.15) is 5.82 Å². The van der Waals surface area contributed by atoms with Gasteiger partial charge in [-0.3, -0.25) is 9.59 Å². The van der Waals surface area contributed by atoms with Gasteiger partial charge in [0.15, 0.2) is 0 Å². The molecule has 24 heavy (non-hydrogen) atoms. The largest absolute Gasteiger partial charge is 0.376 e. The van der Waals surface area contributed by atoms with E-state index in [-0.39, 0.29) is 24.2 Å². The van der Waals surface area contributed by atoms with Crippen LogP contribution in [0.5, 0.6) is 0 Å². The highest BCUT2D eigenvalue weighted by atomic mass is 19.1. The molecule has 6 heteroatoms. The summed E-state index contributed by atoms with van der Waals surface area (Å²) >= 11 is 0. The smallest absolute Gasteiger partial charge is 0.239 e. The van der Waals surface area contributed by atoms with Gasteiger partial charge >= 0.3 is 0 Å². The van der Waals surface area contributed by atoms with Gasteiger partial charge in [-0.15, -0.1) is 0 Å². The van der Waals surface area contributed by atoms with Crippen LogP contribution in [-0.2, 0) is 16.0 Å². The molecule has 0 aliphatic rings. The molecule has 0 aromatic heterocycles. The van der Waals surface area contributed by atoms with E-state index in [1.165, 1.54) is 13.0 Å². The molecule has 0 unspecified atom stereocenters. The molecule has 2 aromatic carbocycles. The van der Waals surface area contributed by atoms with Crippen molar-refractivity contribution >= 4 is 23.2 Å². The zero-order valence-electron chi connectivity index (χ0n) is 13.4. The zero-order chi connectivity index (χ0) is 17.4. The van der Waals surface area contributed by atoms with Gasteiger partial charge in [0.2, 0.25) is 11.8 Å². The molecule has 0 atom stereocenters. The van der Waals surface area contributed by atoms with Gasteiger partial charge in [-0.25, -0.2) is 4.39 Å². The number of rotatable bonds is 7. The number of benzene rings is 2. The standard InChI is InChI=1S/C18H20FN3O2/c1-13(23)22-16-8-6-15(7-9-16)21-12-18(24)20-11-10-14-4-2-3-5-17(14)19/h2-9,21H,10-12H2,1H3,(H,20,24)(H,22,23). The lowest BCUT2D eigenvalue weighted by Crippen LogP contribution is -2.31. The molecule has 0 saturated carbocycles. The predicted molar refractivity (Wildman–Crippen MR) is 92.3 cm³/mol. The van der Waals surface area contributed by atoms with Crippen LogP contribution in [0.3, 0.4) is 0 Å². The van der Waals surface area contributed by atoms with E-state index in [9.17, 15) is 14.0 Å². The van der Waals surface area contributed by atoms with Crippen molar-refractivity contribution in [3.63, 3.8) is 0 Å². The van der Waals surface area contributed by atoms with E-state index < -0.39 is 0 Å². The van der Waals surface area contributed by atoms with E-state index >= 15 is 0 Å². The average molecular weight is 329 g/mol. The van der Waals surface area contributed by atoms with Crippen LogP contribution < -0.4 is 16.0 Å². The Balaban J connectivity index is 1.71. The third-order valence-corrected chi connectivity index (χ3v) is 3.33. The summed E-state index contributed by atoms with van der Waals surface area (Å²) in [7, 11) is 0. The quantitative estimate of drug-likeness (QED) is 0.731. The van der Waals surface area contributed by atoms with Crippen LogP contribution in [0.1, 0.15) is 12.5 Å². The van der Waals surface area contributed by atoms with Crippen molar-refractivity contribution in [3.05, 3.63) is 59.9 Å². The molecule has 2 rings (SSSR count). The Labute approximate surface area is 140 Å². The molecule has 0 radical (unpaired) electrons. The number of carbonyl (C=O) groups is 2. The molecule has 0 bridgehead atoms. The first-order valence-corrected chi connectivity index (χ1v) is 7.66. The van der Waals surface area contributed by atoms with Crippen molar-refractivity contribution in [1.29, 1.82) is 0 Å². The molecule has 0 heterocycles. The number of anilines is 2. The van der Waals surface area contributed by atoms with Gasteiger partial charge in [0.25, 0.3) is 0 Å². The predicted octanol–water partition coefficient (Wildman–Crippen LogP) is 2.55. The van der Waals surface area contributed by atoms with Gasteiger partial charge in [-0.1, -0.05) is 18.2 Å². The molecule has 126 valence electrons. The minimum absolute atomic E-state index is 0.122. The maximum absolute atomic E-state index is 13.4. The molecule has 2 aromatic rings. The molecule has 0 saturated heterocycles. The van der Waals surface area contributed by atoms with Gasteiger partial charge < -0.3 is 16.0 Å². The molecule has 0 aliphatic carbocycles. The van der Waals surface area contributed by atoms with Crippen LogP contribution in [0.15, 0.2) is 48.5 Å². The maximum atomic E-state index is 13.4. The van der Waals surface area contributed by atoms with E-state index in [1.54, 1.807) is 42.5 Å². The highest BCUT2D eigenvalue weighted by Gasteiger charge is 2.04. The normalized spacial score (nSPS) is 10.1. The molecule has 2 amide bonds. The lowest BCUT2D eigenvalue weighted by atomic mass is 10.1. The van der Waals surface area contributed by atoms with Crippen LogP contribution in [0.4, 0.5) is 15.8 Å². The second kappa shape index (κ2) is 8.67. The number of amides is 2. The van der Waals surface area contributed by atoms with Crippen molar-refractivity contribution in [1.82, 2.24) is 5.32 Å². The van der Waals surface area contributed by atoms with Crippen molar-refractivity contribution in [2.75, 3.05) is 23.7 Å².